The molecule has 0 saturated heterocycles. The van der Waals surface area contributed by atoms with Gasteiger partial charge in [-0.25, -0.2) is 0 Å². The highest BCUT2D eigenvalue weighted by atomic mass is 32.1. The first-order valence-corrected chi connectivity index (χ1v) is 14.8. The second-order valence-corrected chi connectivity index (χ2v) is 12.2. The largest absolute Gasteiger partial charge is 0.308 e. The second-order valence-electron chi connectivity index (χ2n) is 10.1. The van der Waals surface area contributed by atoms with Crippen LogP contribution in [0.25, 0.3) is 79.0 Å². The van der Waals surface area contributed by atoms with Crippen molar-refractivity contribution < 1.29 is 0 Å². The zero-order chi connectivity index (χ0) is 25.5. The van der Waals surface area contributed by atoms with Crippen LogP contribution in [0.3, 0.4) is 0 Å². The first kappa shape index (κ1) is 21.5. The summed E-state index contributed by atoms with van der Waals surface area (Å²) in [7, 11) is 0. The number of rotatable bonds is 2. The molecule has 0 spiro atoms. The van der Waals surface area contributed by atoms with E-state index >= 15 is 0 Å². The summed E-state index contributed by atoms with van der Waals surface area (Å²) in [5, 5.41) is 7.97. The van der Waals surface area contributed by atoms with Crippen molar-refractivity contribution in [2.75, 3.05) is 0 Å². The van der Waals surface area contributed by atoms with Crippen LogP contribution >= 0.6 is 22.7 Å². The van der Waals surface area contributed by atoms with E-state index in [1.165, 1.54) is 79.0 Å². The van der Waals surface area contributed by atoms with Gasteiger partial charge in [0.05, 0.1) is 15.7 Å². The first-order chi connectivity index (χ1) is 19.3. The van der Waals surface area contributed by atoms with Crippen LogP contribution in [-0.4, -0.2) is 4.57 Å². The van der Waals surface area contributed by atoms with Crippen LogP contribution < -0.4 is 0 Å². The van der Waals surface area contributed by atoms with Crippen molar-refractivity contribution in [2.24, 2.45) is 0 Å². The molecule has 1 nitrogen and oxygen atoms in total. The van der Waals surface area contributed by atoms with Gasteiger partial charge in [-0.15, -0.1) is 22.7 Å². The average molecular weight is 532 g/mol. The van der Waals surface area contributed by atoms with Crippen LogP contribution in [0.1, 0.15) is 0 Å². The molecule has 9 rings (SSSR count). The zero-order valence-corrected chi connectivity index (χ0v) is 22.5. The average Bonchev–Trinajstić information content (AvgIpc) is 3.66. The highest BCUT2D eigenvalue weighted by Crippen LogP contribution is 2.46. The molecule has 0 fully saturated rings. The zero-order valence-electron chi connectivity index (χ0n) is 20.9. The fraction of sp³-hybridized carbons (Fsp3) is 0. The number of fused-ring (bicyclic) bond motifs is 10. The summed E-state index contributed by atoms with van der Waals surface area (Å²) in [6.45, 7) is 0. The molecule has 0 radical (unpaired) electrons. The van der Waals surface area contributed by atoms with E-state index in [1.807, 2.05) is 22.7 Å². The van der Waals surface area contributed by atoms with E-state index in [0.717, 1.165) is 0 Å². The Hall–Kier alpha value is -4.44. The molecule has 39 heavy (non-hydrogen) atoms. The molecule has 0 amide bonds. The molecule has 0 aliphatic heterocycles. The summed E-state index contributed by atoms with van der Waals surface area (Å²) in [5.41, 5.74) is 6.34. The maximum Gasteiger partial charge on any atom is 0.0727 e. The van der Waals surface area contributed by atoms with Gasteiger partial charge in [-0.05, 0) is 58.3 Å². The number of thiophene rings is 2. The summed E-state index contributed by atoms with van der Waals surface area (Å²) >= 11 is 3.81. The van der Waals surface area contributed by atoms with E-state index in [1.54, 1.807) is 0 Å². The lowest BCUT2D eigenvalue weighted by Gasteiger charge is -2.09. The van der Waals surface area contributed by atoms with Crippen molar-refractivity contribution >= 4 is 84.8 Å². The van der Waals surface area contributed by atoms with E-state index in [4.69, 9.17) is 0 Å². The van der Waals surface area contributed by atoms with Crippen LogP contribution in [0.5, 0.6) is 0 Å². The van der Waals surface area contributed by atoms with Gasteiger partial charge in [0.25, 0.3) is 0 Å². The van der Waals surface area contributed by atoms with Gasteiger partial charge in [0.2, 0.25) is 0 Å². The predicted molar refractivity (Wildman–Crippen MR) is 172 cm³/mol. The van der Waals surface area contributed by atoms with Crippen molar-refractivity contribution in [3.05, 3.63) is 127 Å². The highest BCUT2D eigenvalue weighted by Gasteiger charge is 2.19. The van der Waals surface area contributed by atoms with Crippen molar-refractivity contribution in [1.29, 1.82) is 0 Å². The van der Waals surface area contributed by atoms with Gasteiger partial charge < -0.3 is 4.57 Å². The van der Waals surface area contributed by atoms with Crippen LogP contribution in [0, 0.1) is 0 Å². The lowest BCUT2D eigenvalue weighted by atomic mass is 9.97. The van der Waals surface area contributed by atoms with E-state index in [0.29, 0.717) is 0 Å². The molecule has 3 heteroatoms. The van der Waals surface area contributed by atoms with Gasteiger partial charge in [-0.2, -0.15) is 0 Å². The standard InChI is InChI=1S/C36H21NS2/c1-2-10-24(11-3-1)37-30-15-7-6-13-27(30)36-34(37)29-21-23(18-20-31(29)38-36)25-14-8-16-32-33(25)28-19-17-22-9-4-5-12-26(22)35(28)39-32/h1-21H. The van der Waals surface area contributed by atoms with Crippen LogP contribution in [-0.2, 0) is 0 Å². The Bertz CT molecular complexity index is 2390. The molecule has 0 aliphatic carbocycles. The van der Waals surface area contributed by atoms with Gasteiger partial charge in [-0.1, -0.05) is 91.0 Å². The Balaban J connectivity index is 1.37. The van der Waals surface area contributed by atoms with Gasteiger partial charge in [0, 0.05) is 41.3 Å². The van der Waals surface area contributed by atoms with E-state index in [2.05, 4.69) is 132 Å². The summed E-state index contributed by atoms with van der Waals surface area (Å²) in [4.78, 5) is 0. The smallest absolute Gasteiger partial charge is 0.0727 e. The Morgan fingerprint density at radius 2 is 1.28 bits per heavy atom. The van der Waals surface area contributed by atoms with Crippen molar-refractivity contribution in [1.82, 2.24) is 4.57 Å². The summed E-state index contributed by atoms with van der Waals surface area (Å²) < 4.78 is 7.84. The van der Waals surface area contributed by atoms with Gasteiger partial charge in [0.15, 0.2) is 0 Å². The Morgan fingerprint density at radius 3 is 2.21 bits per heavy atom. The first-order valence-electron chi connectivity index (χ1n) is 13.2. The minimum absolute atomic E-state index is 1.20. The van der Waals surface area contributed by atoms with E-state index in [9.17, 15) is 0 Å². The van der Waals surface area contributed by atoms with Crippen LogP contribution in [0.15, 0.2) is 127 Å². The third-order valence-electron chi connectivity index (χ3n) is 7.99. The summed E-state index contributed by atoms with van der Waals surface area (Å²) in [6.07, 6.45) is 0. The van der Waals surface area contributed by atoms with Crippen molar-refractivity contribution in [3.63, 3.8) is 0 Å². The Kier molecular flexibility index (Phi) is 4.43. The molecule has 0 bridgehead atoms. The van der Waals surface area contributed by atoms with Crippen LogP contribution in [0.2, 0.25) is 0 Å². The van der Waals surface area contributed by atoms with Gasteiger partial charge in [0.1, 0.15) is 0 Å². The molecule has 182 valence electrons. The van der Waals surface area contributed by atoms with E-state index in [-0.39, 0.29) is 0 Å². The van der Waals surface area contributed by atoms with Gasteiger partial charge in [-0.3, -0.25) is 0 Å². The lowest BCUT2D eigenvalue weighted by molar-refractivity contribution is 1.19. The maximum atomic E-state index is 2.44. The molecule has 3 heterocycles. The number of hydrogen-bond acceptors (Lipinski definition) is 2. The lowest BCUT2D eigenvalue weighted by Crippen LogP contribution is -1.92. The summed E-state index contributed by atoms with van der Waals surface area (Å²) in [5.74, 6) is 0. The van der Waals surface area contributed by atoms with Crippen molar-refractivity contribution in [3.8, 4) is 16.8 Å². The van der Waals surface area contributed by atoms with Gasteiger partial charge >= 0.3 is 0 Å². The quantitative estimate of drug-likeness (QED) is 0.209. The molecule has 0 N–H and O–H groups in total. The number of nitrogens with zero attached hydrogens (tertiary/aromatic N) is 1. The number of hydrogen-bond donors (Lipinski definition) is 0. The topological polar surface area (TPSA) is 4.93 Å². The molecule has 6 aromatic carbocycles. The maximum absolute atomic E-state index is 2.44. The number of benzene rings is 6. The summed E-state index contributed by atoms with van der Waals surface area (Å²) in [6, 6.07) is 46.7. The third-order valence-corrected chi connectivity index (χ3v) is 10.4. The second kappa shape index (κ2) is 8.03. The SMILES string of the molecule is c1ccc(-n2c3ccccc3c3sc4ccc(-c5cccc6sc7c8ccccc8ccc7c56)cc4c32)cc1. The number of aromatic nitrogens is 1. The third kappa shape index (κ3) is 3.00. The molecule has 0 aliphatic rings. The molecule has 9 aromatic rings. The normalized spacial score (nSPS) is 12.1. The predicted octanol–water partition coefficient (Wildman–Crippen LogP) is 11.2. The van der Waals surface area contributed by atoms with Crippen LogP contribution in [0.4, 0.5) is 0 Å². The molecule has 0 atom stereocenters. The van der Waals surface area contributed by atoms with E-state index < -0.39 is 0 Å². The fourth-order valence-electron chi connectivity index (χ4n) is 6.28. The fourth-order valence-corrected chi connectivity index (χ4v) is 8.74. The molecule has 0 unspecified atom stereocenters. The minimum Gasteiger partial charge on any atom is -0.308 e. The number of para-hydroxylation sites is 2. The molecular formula is C36H21NS2. The Labute approximate surface area is 232 Å². The minimum atomic E-state index is 1.20. The molecule has 0 saturated carbocycles. The molecule has 3 aromatic heterocycles. The Morgan fingerprint density at radius 1 is 0.487 bits per heavy atom. The molecular weight excluding hydrogens is 511 g/mol. The monoisotopic (exact) mass is 531 g/mol. The highest BCUT2D eigenvalue weighted by molar-refractivity contribution is 7.27. The van der Waals surface area contributed by atoms with Crippen molar-refractivity contribution in [2.45, 2.75) is 0 Å².